The molecule has 4 aliphatic heterocycles. The van der Waals surface area contributed by atoms with Crippen molar-refractivity contribution in [2.45, 2.75) is 76.5 Å². The van der Waals surface area contributed by atoms with Gasteiger partial charge in [-0.2, -0.15) is 17.7 Å². The maximum atomic E-state index is 13.2. The Morgan fingerprint density at radius 3 is 2.54 bits per heavy atom. The number of alkyl carbamates (subject to hydrolysis) is 1. The van der Waals surface area contributed by atoms with Crippen molar-refractivity contribution in [1.29, 1.82) is 0 Å². The van der Waals surface area contributed by atoms with Crippen molar-refractivity contribution >= 4 is 90.3 Å². The van der Waals surface area contributed by atoms with Crippen LogP contribution in [0, 0.1) is 0 Å². The third-order valence-corrected chi connectivity index (χ3v) is 17.2. The summed E-state index contributed by atoms with van der Waals surface area (Å²) in [6, 6.07) is 7.55. The highest BCUT2D eigenvalue weighted by molar-refractivity contribution is 8.08. The molecule has 1 fully saturated rings. The molecule has 4 aliphatic rings. The molecule has 6 atom stereocenters. The van der Waals surface area contributed by atoms with E-state index in [2.05, 4.69) is 57.5 Å². The number of nitrogens with zero attached hydrogens (tertiary/aromatic N) is 6. The zero-order chi connectivity index (χ0) is 53.7. The Morgan fingerprint density at radius 1 is 1.08 bits per heavy atom. The number of fused-ring (bicyclic) bond motifs is 5. The van der Waals surface area contributed by atoms with E-state index in [0.717, 1.165) is 47.7 Å². The first kappa shape index (κ1) is 55.2. The molecule has 402 valence electrons. The molecular formula is C40H52N10O19P3S2+. The fourth-order valence-electron chi connectivity index (χ4n) is 9.07. The molecule has 2 amide bonds. The second kappa shape index (κ2) is 21.2. The van der Waals surface area contributed by atoms with Crippen LogP contribution in [0.4, 0.5) is 22.1 Å². The molecule has 0 bridgehead atoms. The molecule has 4 aromatic rings. The van der Waals surface area contributed by atoms with Gasteiger partial charge in [-0.25, -0.2) is 32.8 Å². The normalized spacial score (nSPS) is 21.7. The third-order valence-electron chi connectivity index (χ3n) is 12.1. The number of aliphatic hydroxyl groups is 1. The van der Waals surface area contributed by atoms with Gasteiger partial charge < -0.3 is 60.2 Å². The Bertz CT molecular complexity index is 3410. The summed E-state index contributed by atoms with van der Waals surface area (Å²) >= 11 is 4.07. The lowest BCUT2D eigenvalue weighted by atomic mass is 9.88. The molecule has 29 nitrogen and oxygen atoms in total. The zero-order valence-corrected chi connectivity index (χ0v) is 43.8. The van der Waals surface area contributed by atoms with Crippen molar-refractivity contribution in [3.63, 3.8) is 0 Å². The summed E-state index contributed by atoms with van der Waals surface area (Å²) < 4.78 is 92.6. The largest absolute Gasteiger partial charge is 0.488 e. The van der Waals surface area contributed by atoms with E-state index in [-0.39, 0.29) is 36.6 Å². The number of nitrogens with two attached hydrogens (primary N) is 1. The van der Waals surface area contributed by atoms with Gasteiger partial charge in [0, 0.05) is 55.4 Å². The Hall–Kier alpha value is -5.07. The predicted molar refractivity (Wildman–Crippen MR) is 264 cm³/mol. The summed E-state index contributed by atoms with van der Waals surface area (Å²) in [5.41, 5.74) is 6.84. The molecule has 0 saturated carbocycles. The molecule has 74 heavy (non-hydrogen) atoms. The smallest absolute Gasteiger partial charge is 0.452 e. The highest BCUT2D eigenvalue weighted by atomic mass is 32.5. The summed E-state index contributed by atoms with van der Waals surface area (Å²) in [7, 11) is -15.8. The summed E-state index contributed by atoms with van der Waals surface area (Å²) in [5, 5.41) is 18.1. The van der Waals surface area contributed by atoms with Gasteiger partial charge in [-0.05, 0) is 63.1 Å². The molecule has 11 N–H and O–H groups in total. The van der Waals surface area contributed by atoms with Crippen molar-refractivity contribution in [3.8, 4) is 11.5 Å². The molecule has 1 saturated heterocycles. The average Bonchev–Trinajstić information content (AvgIpc) is 3.83. The minimum Gasteiger partial charge on any atom is -0.452 e. The number of phosphoric ester groups is 1. The SMILES string of the molecule is CC[N+]1=c2cc3c(cc2CCC1)=Nc1cc2c(cc1O3)N(CCCC(=O)NCCNC(=O)O[C@@H]1[C@H](O)[C@@H](COP(=O)(O)OP(=O)(O)OP(O)(O)=S)O[C@H]1n1cnc3c(=O)[nH]c(N)nc31)C(C)(C)C=C2CS(=O)(=O)O. The number of aromatic nitrogens is 4. The van der Waals surface area contributed by atoms with Crippen LogP contribution < -0.4 is 46.9 Å². The minimum atomic E-state index is -5.70. The van der Waals surface area contributed by atoms with Crippen LogP contribution in [0.15, 0.2) is 46.5 Å². The van der Waals surface area contributed by atoms with E-state index in [0.29, 0.717) is 52.3 Å². The number of aryl methyl sites for hydroxylation is 1. The molecule has 2 unspecified atom stereocenters. The van der Waals surface area contributed by atoms with E-state index in [1.54, 1.807) is 18.2 Å². The Labute approximate surface area is 424 Å². The predicted octanol–water partition coefficient (Wildman–Crippen LogP) is 0.495. The van der Waals surface area contributed by atoms with Gasteiger partial charge in [0.25, 0.3) is 15.7 Å². The van der Waals surface area contributed by atoms with E-state index in [1.165, 1.54) is 0 Å². The number of anilines is 2. The fraction of sp³-hybridized carbons (Fsp3) is 0.475. The molecule has 8 rings (SSSR count). The summed E-state index contributed by atoms with van der Waals surface area (Å²) in [6.07, 6.45) is -3.05. The van der Waals surface area contributed by atoms with Crippen molar-refractivity contribution in [2.75, 3.05) is 55.7 Å². The quantitative estimate of drug-likeness (QED) is 0.0233. The van der Waals surface area contributed by atoms with E-state index >= 15 is 0 Å². The number of aromatic amines is 1. The number of rotatable bonds is 19. The molecule has 0 spiro atoms. The van der Waals surface area contributed by atoms with Gasteiger partial charge in [-0.1, -0.05) is 6.08 Å². The standard InChI is InChI=1S/C40H51N10O19P3S2/c1-4-48-11-5-7-21-13-24-28(15-26(21)48)65-29-16-27-23(14-25(29)45-24)22(19-74(61,62)63)17-40(2,3)50(27)12-6-8-31(51)42-9-10-43-39(54)67-34-33(52)30(18-64-70(55,56)68-71(57,58)69-72(59,60)73)66-37(34)49-20-44-32-35(49)46-38(41)47-36(32)53/h13-17,20,30,33-34,37,52H,4-12,18-19H2,1-3H3,(H9-,41,42,43,46,47,51,53,54,55,56,57,58,59,60,61,62,63,73)/p+1/t30-,33-,34-,37-/m1/s1. The minimum absolute atomic E-state index is 0.0157. The fourth-order valence-corrected chi connectivity index (χ4v) is 13.5. The number of carbonyl (C=O) groups excluding carboxylic acids is 2. The molecule has 2 aromatic heterocycles. The summed E-state index contributed by atoms with van der Waals surface area (Å²) in [5.74, 6) is -0.359. The number of amides is 2. The number of carbonyl (C=O) groups is 2. The number of ether oxygens (including phenoxy) is 3. The second-order valence-electron chi connectivity index (χ2n) is 17.9. The number of aliphatic hydroxyl groups excluding tert-OH is 1. The van der Waals surface area contributed by atoms with Crippen LogP contribution >= 0.6 is 22.4 Å². The lowest BCUT2D eigenvalue weighted by Crippen LogP contribution is -2.46. The number of hydrogen-bond donors (Lipinski definition) is 10. The maximum Gasteiger partial charge on any atom is 0.488 e. The first-order chi connectivity index (χ1) is 34.6. The average molecular weight is 1130 g/mol. The maximum absolute atomic E-state index is 13.2. The highest BCUT2D eigenvalue weighted by Gasteiger charge is 2.50. The molecule has 0 aliphatic carbocycles. The Kier molecular flexibility index (Phi) is 15.8. The van der Waals surface area contributed by atoms with Gasteiger partial charge in [0.1, 0.15) is 42.1 Å². The van der Waals surface area contributed by atoms with Gasteiger partial charge in [0.15, 0.2) is 35.0 Å². The van der Waals surface area contributed by atoms with E-state index in [9.17, 15) is 61.2 Å². The van der Waals surface area contributed by atoms with Gasteiger partial charge in [-0.3, -0.25) is 28.2 Å². The van der Waals surface area contributed by atoms with Gasteiger partial charge in [0.05, 0.1) is 24.5 Å². The van der Waals surface area contributed by atoms with Crippen molar-refractivity contribution in [1.82, 2.24) is 34.7 Å². The second-order valence-corrected chi connectivity index (χ2v) is 25.2. The number of nitrogen functional groups attached to an aromatic ring is 1. The summed E-state index contributed by atoms with van der Waals surface area (Å²) in [6.45, 7) is 1.62. The number of H-pyrrole nitrogens is 1. The number of hydrogen-bond acceptors (Lipinski definition) is 20. The molecule has 34 heteroatoms. The van der Waals surface area contributed by atoms with Crippen LogP contribution in [0.5, 0.6) is 11.5 Å². The first-order valence-corrected chi connectivity index (χ1v) is 29.8. The van der Waals surface area contributed by atoms with E-state index in [1.807, 2.05) is 30.9 Å². The van der Waals surface area contributed by atoms with E-state index in [4.69, 9.17) is 29.5 Å². The molecule has 2 aromatic carbocycles. The van der Waals surface area contributed by atoms with Crippen molar-refractivity contribution < 1.29 is 83.7 Å². The van der Waals surface area contributed by atoms with Crippen LogP contribution in [0.1, 0.15) is 57.4 Å². The van der Waals surface area contributed by atoms with Crippen LogP contribution in [0.3, 0.4) is 0 Å². The molecular weight excluding hydrogens is 1080 g/mol. The lowest BCUT2D eigenvalue weighted by Gasteiger charge is -2.44. The topological polar surface area (TPSA) is 411 Å². The molecule has 0 radical (unpaired) electrons. The van der Waals surface area contributed by atoms with Crippen LogP contribution in [-0.4, -0.2) is 138 Å². The zero-order valence-electron chi connectivity index (χ0n) is 39.5. The van der Waals surface area contributed by atoms with Crippen LogP contribution in [-0.2, 0) is 64.9 Å². The van der Waals surface area contributed by atoms with E-state index < -0.39 is 92.5 Å². The van der Waals surface area contributed by atoms with Gasteiger partial charge in [-0.15, -0.1) is 0 Å². The Balaban J connectivity index is 0.897. The number of imidazole rings is 1. The number of benzene rings is 2. The molecule has 6 heterocycles. The first-order valence-electron chi connectivity index (χ1n) is 22.6. The lowest BCUT2D eigenvalue weighted by molar-refractivity contribution is -0.121. The van der Waals surface area contributed by atoms with Crippen molar-refractivity contribution in [3.05, 3.63) is 68.9 Å². The Morgan fingerprint density at radius 2 is 1.82 bits per heavy atom. The van der Waals surface area contributed by atoms with Crippen LogP contribution in [0.2, 0.25) is 0 Å². The number of phosphoric acid groups is 2. The van der Waals surface area contributed by atoms with Crippen LogP contribution in [0.25, 0.3) is 16.7 Å². The van der Waals surface area contributed by atoms with Crippen molar-refractivity contribution in [2.24, 2.45) is 4.99 Å². The monoisotopic (exact) mass is 1130 g/mol. The highest BCUT2D eigenvalue weighted by Crippen LogP contribution is 2.66. The third kappa shape index (κ3) is 12.8. The number of nitrogens with one attached hydrogen (secondary N) is 3. The van der Waals surface area contributed by atoms with Gasteiger partial charge >= 0.3 is 28.5 Å². The van der Waals surface area contributed by atoms with Gasteiger partial charge in [0.2, 0.25) is 17.2 Å². The summed E-state index contributed by atoms with van der Waals surface area (Å²) in [4.78, 5) is 94.0.